The molecule has 0 heterocycles. The van der Waals surface area contributed by atoms with E-state index in [1.807, 2.05) is 13.8 Å². The first-order valence-corrected chi connectivity index (χ1v) is 8.68. The smallest absolute Gasteiger partial charge is 0.245 e. The van der Waals surface area contributed by atoms with Crippen LogP contribution in [-0.2, 0) is 20.8 Å². The fourth-order valence-electron chi connectivity index (χ4n) is 2.44. The van der Waals surface area contributed by atoms with Crippen LogP contribution < -0.4 is 22.1 Å². The van der Waals surface area contributed by atoms with Gasteiger partial charge >= 0.3 is 0 Å². The number of nitrogens with one attached hydrogen (secondary N) is 2. The number of aliphatic hydroxyl groups is 1. The Hall–Kier alpha value is -2.65. The molecule has 150 valence electrons. The van der Waals surface area contributed by atoms with Crippen LogP contribution in [0.3, 0.4) is 0 Å². The number of rotatable bonds is 10. The monoisotopic (exact) mass is 380 g/mol. The molecular formula is C18H28N4O5. The zero-order valence-corrected chi connectivity index (χ0v) is 15.5. The van der Waals surface area contributed by atoms with Crippen LogP contribution in [0.25, 0.3) is 0 Å². The number of phenolic OH excluding ortho intramolecular Hbond substituents is 1. The second-order valence-electron chi connectivity index (χ2n) is 6.81. The van der Waals surface area contributed by atoms with Crippen molar-refractivity contribution >= 4 is 17.7 Å². The van der Waals surface area contributed by atoms with Crippen molar-refractivity contribution in [2.75, 3.05) is 6.61 Å². The van der Waals surface area contributed by atoms with Gasteiger partial charge in [0.15, 0.2) is 0 Å². The fraction of sp³-hybridized carbons (Fsp3) is 0.500. The van der Waals surface area contributed by atoms with Crippen LogP contribution in [0.1, 0.15) is 25.8 Å². The third-order valence-corrected chi connectivity index (χ3v) is 3.91. The summed E-state index contributed by atoms with van der Waals surface area (Å²) in [4.78, 5) is 35.9. The third-order valence-electron chi connectivity index (χ3n) is 3.91. The van der Waals surface area contributed by atoms with Crippen molar-refractivity contribution in [3.8, 4) is 5.75 Å². The number of carbonyl (C=O) groups excluding carboxylic acids is 3. The van der Waals surface area contributed by atoms with Crippen molar-refractivity contribution in [2.45, 2.75) is 44.8 Å². The lowest BCUT2D eigenvalue weighted by atomic mass is 10.0. The average molecular weight is 380 g/mol. The van der Waals surface area contributed by atoms with Crippen LogP contribution in [0, 0.1) is 5.92 Å². The van der Waals surface area contributed by atoms with Crippen LogP contribution in [0.4, 0.5) is 0 Å². The van der Waals surface area contributed by atoms with Gasteiger partial charge in [-0.2, -0.15) is 0 Å². The van der Waals surface area contributed by atoms with Gasteiger partial charge in [0.1, 0.15) is 17.8 Å². The fourth-order valence-corrected chi connectivity index (χ4v) is 2.44. The Bertz CT molecular complexity index is 648. The normalized spacial score (nSPS) is 14.3. The largest absolute Gasteiger partial charge is 0.508 e. The van der Waals surface area contributed by atoms with Gasteiger partial charge in [-0.05, 0) is 36.5 Å². The molecule has 27 heavy (non-hydrogen) atoms. The molecule has 0 fully saturated rings. The number of nitrogens with two attached hydrogens (primary N) is 2. The van der Waals surface area contributed by atoms with Crippen molar-refractivity contribution < 1.29 is 24.6 Å². The minimum Gasteiger partial charge on any atom is -0.508 e. The molecule has 1 rings (SSSR count). The lowest BCUT2D eigenvalue weighted by Gasteiger charge is -2.22. The molecule has 0 saturated carbocycles. The average Bonchev–Trinajstić information content (AvgIpc) is 2.60. The molecule has 0 radical (unpaired) electrons. The molecule has 0 aliphatic heterocycles. The summed E-state index contributed by atoms with van der Waals surface area (Å²) >= 11 is 0. The van der Waals surface area contributed by atoms with Crippen LogP contribution in [-0.4, -0.2) is 52.7 Å². The van der Waals surface area contributed by atoms with Crippen LogP contribution >= 0.6 is 0 Å². The van der Waals surface area contributed by atoms with E-state index < -0.39 is 42.5 Å². The molecule has 1 aromatic carbocycles. The second kappa shape index (κ2) is 10.5. The molecule has 0 aromatic heterocycles. The van der Waals surface area contributed by atoms with Crippen molar-refractivity contribution in [2.24, 2.45) is 17.4 Å². The van der Waals surface area contributed by atoms with Crippen LogP contribution in [0.5, 0.6) is 5.75 Å². The maximum absolute atomic E-state index is 12.3. The first-order valence-electron chi connectivity index (χ1n) is 8.68. The SMILES string of the molecule is CC(C)C[C@H](NC(=O)[C@H](CO)NC(=O)[C@@H](N)Cc1ccc(O)cc1)C(N)=O. The first kappa shape index (κ1) is 22.4. The summed E-state index contributed by atoms with van der Waals surface area (Å²) < 4.78 is 0. The van der Waals surface area contributed by atoms with Gasteiger partial charge in [0.2, 0.25) is 17.7 Å². The second-order valence-corrected chi connectivity index (χ2v) is 6.81. The molecule has 9 heteroatoms. The standard InChI is InChI=1S/C18H28N4O5/c1-10(2)7-14(16(20)25)21-18(27)15(9-23)22-17(26)13(19)8-11-3-5-12(24)6-4-11/h3-6,10,13-15,23-24H,7-9,19H2,1-2H3,(H2,20,25)(H,21,27)(H,22,26)/t13-,14-,15-/m0/s1. The Morgan fingerprint density at radius 1 is 1.04 bits per heavy atom. The van der Waals surface area contributed by atoms with Crippen molar-refractivity contribution in [1.82, 2.24) is 10.6 Å². The number of aromatic hydroxyl groups is 1. The van der Waals surface area contributed by atoms with Gasteiger partial charge in [0, 0.05) is 0 Å². The number of benzene rings is 1. The molecule has 0 unspecified atom stereocenters. The molecule has 0 aliphatic carbocycles. The van der Waals surface area contributed by atoms with E-state index in [4.69, 9.17) is 11.5 Å². The zero-order chi connectivity index (χ0) is 20.6. The number of carbonyl (C=O) groups is 3. The summed E-state index contributed by atoms with van der Waals surface area (Å²) in [5.74, 6) is -1.82. The molecule has 9 nitrogen and oxygen atoms in total. The van der Waals surface area contributed by atoms with Gasteiger partial charge < -0.3 is 32.3 Å². The van der Waals surface area contributed by atoms with E-state index in [-0.39, 0.29) is 18.1 Å². The molecule has 3 atom stereocenters. The van der Waals surface area contributed by atoms with Gasteiger partial charge in [-0.3, -0.25) is 14.4 Å². The first-order chi connectivity index (χ1) is 12.6. The summed E-state index contributed by atoms with van der Waals surface area (Å²) in [5, 5.41) is 23.5. The zero-order valence-electron chi connectivity index (χ0n) is 15.5. The molecule has 0 aliphatic rings. The van der Waals surface area contributed by atoms with Crippen molar-refractivity contribution in [3.63, 3.8) is 0 Å². The Morgan fingerprint density at radius 3 is 2.07 bits per heavy atom. The Morgan fingerprint density at radius 2 is 1.59 bits per heavy atom. The van der Waals surface area contributed by atoms with E-state index in [1.54, 1.807) is 12.1 Å². The topological polar surface area (TPSA) is 168 Å². The van der Waals surface area contributed by atoms with Gasteiger partial charge in [0.25, 0.3) is 0 Å². The molecule has 1 aromatic rings. The van der Waals surface area contributed by atoms with Crippen molar-refractivity contribution in [1.29, 1.82) is 0 Å². The lowest BCUT2D eigenvalue weighted by Crippen LogP contribution is -2.57. The molecule has 0 saturated heterocycles. The minimum atomic E-state index is -1.25. The van der Waals surface area contributed by atoms with Crippen LogP contribution in [0.2, 0.25) is 0 Å². The Labute approximate surface area is 158 Å². The highest BCUT2D eigenvalue weighted by Gasteiger charge is 2.27. The van der Waals surface area contributed by atoms with Crippen molar-refractivity contribution in [3.05, 3.63) is 29.8 Å². The van der Waals surface area contributed by atoms with E-state index in [0.29, 0.717) is 6.42 Å². The Balaban J connectivity index is 2.66. The van der Waals surface area contributed by atoms with Gasteiger partial charge in [-0.1, -0.05) is 26.0 Å². The number of primary amides is 1. The summed E-state index contributed by atoms with van der Waals surface area (Å²) in [5.41, 5.74) is 11.9. The maximum atomic E-state index is 12.3. The number of hydrogen-bond acceptors (Lipinski definition) is 6. The molecule has 0 bridgehead atoms. The van der Waals surface area contributed by atoms with E-state index in [0.717, 1.165) is 5.56 Å². The van der Waals surface area contributed by atoms with E-state index in [2.05, 4.69) is 10.6 Å². The predicted octanol–water partition coefficient (Wildman–Crippen LogP) is -1.24. The predicted molar refractivity (Wildman–Crippen MR) is 99.4 cm³/mol. The highest BCUT2D eigenvalue weighted by Crippen LogP contribution is 2.11. The van der Waals surface area contributed by atoms with E-state index >= 15 is 0 Å². The number of phenols is 1. The minimum absolute atomic E-state index is 0.0965. The third kappa shape index (κ3) is 7.63. The Kier molecular flexibility index (Phi) is 8.70. The van der Waals surface area contributed by atoms with Gasteiger partial charge in [-0.25, -0.2) is 0 Å². The number of amides is 3. The number of aliphatic hydroxyl groups excluding tert-OH is 1. The highest BCUT2D eigenvalue weighted by molar-refractivity contribution is 5.92. The molecule has 0 spiro atoms. The maximum Gasteiger partial charge on any atom is 0.245 e. The summed E-state index contributed by atoms with van der Waals surface area (Å²) in [6.45, 7) is 3.09. The van der Waals surface area contributed by atoms with Gasteiger partial charge in [-0.15, -0.1) is 0 Å². The quantitative estimate of drug-likeness (QED) is 0.297. The lowest BCUT2D eigenvalue weighted by molar-refractivity contribution is -0.132. The van der Waals surface area contributed by atoms with E-state index in [9.17, 15) is 24.6 Å². The van der Waals surface area contributed by atoms with Gasteiger partial charge in [0.05, 0.1) is 12.6 Å². The summed E-state index contributed by atoms with van der Waals surface area (Å²) in [6, 6.07) is 3.10. The summed E-state index contributed by atoms with van der Waals surface area (Å²) in [7, 11) is 0. The molecular weight excluding hydrogens is 352 g/mol. The van der Waals surface area contributed by atoms with E-state index in [1.165, 1.54) is 12.1 Å². The number of hydrogen-bond donors (Lipinski definition) is 6. The molecule has 3 amide bonds. The summed E-state index contributed by atoms with van der Waals surface area (Å²) in [6.07, 6.45) is 0.524. The highest BCUT2D eigenvalue weighted by atomic mass is 16.3. The molecule has 8 N–H and O–H groups in total. The van der Waals surface area contributed by atoms with Crippen LogP contribution in [0.15, 0.2) is 24.3 Å².